The molecule has 0 spiro atoms. The molecule has 1 aliphatic rings. The number of nitrogens with one attached hydrogen (secondary N) is 1. The van der Waals surface area contributed by atoms with Crippen molar-refractivity contribution in [3.63, 3.8) is 0 Å². The van der Waals surface area contributed by atoms with E-state index in [4.69, 9.17) is 4.74 Å². The Labute approximate surface area is 112 Å². The lowest BCUT2D eigenvalue weighted by Crippen LogP contribution is -2.35. The molecule has 2 atom stereocenters. The molecule has 1 aromatic rings. The molecule has 0 unspecified atom stereocenters. The van der Waals surface area contributed by atoms with Gasteiger partial charge >= 0.3 is 0 Å². The Balaban J connectivity index is 1.88. The summed E-state index contributed by atoms with van der Waals surface area (Å²) < 4.78 is 9.83. The second-order valence-corrected chi connectivity index (χ2v) is 5.78. The zero-order valence-electron chi connectivity index (χ0n) is 11.1. The van der Waals surface area contributed by atoms with Crippen molar-refractivity contribution in [3.05, 3.63) is 16.6 Å². The summed E-state index contributed by atoms with van der Waals surface area (Å²) in [5, 5.41) is 4.80. The minimum absolute atomic E-state index is 0.0179. The standard InChI is InChI=1S/C13H20N2O2S/c1-8(2)12-10(4-5-17-12)6-14-13(16)11-7-18-15-9(11)3/h7-8,10,12H,4-6H2,1-3H3,(H,14,16)/t10-,12-/m1/s1. The minimum Gasteiger partial charge on any atom is -0.378 e. The zero-order valence-corrected chi connectivity index (χ0v) is 11.9. The van der Waals surface area contributed by atoms with Crippen molar-refractivity contribution in [2.75, 3.05) is 13.2 Å². The number of hydrogen-bond acceptors (Lipinski definition) is 4. The first-order valence-electron chi connectivity index (χ1n) is 6.40. The first-order chi connectivity index (χ1) is 8.59. The van der Waals surface area contributed by atoms with Crippen molar-refractivity contribution in [1.29, 1.82) is 0 Å². The highest BCUT2D eigenvalue weighted by Crippen LogP contribution is 2.26. The molecular weight excluding hydrogens is 248 g/mol. The lowest BCUT2D eigenvalue weighted by molar-refractivity contribution is 0.0533. The quantitative estimate of drug-likeness (QED) is 0.911. The van der Waals surface area contributed by atoms with E-state index in [1.165, 1.54) is 11.5 Å². The number of ether oxygens (including phenoxy) is 1. The first kappa shape index (κ1) is 13.5. The summed E-state index contributed by atoms with van der Waals surface area (Å²) >= 11 is 1.32. The van der Waals surface area contributed by atoms with Crippen LogP contribution in [-0.2, 0) is 4.74 Å². The van der Waals surface area contributed by atoms with Gasteiger partial charge < -0.3 is 10.1 Å². The molecule has 0 bridgehead atoms. The fraction of sp³-hybridized carbons (Fsp3) is 0.692. The second-order valence-electron chi connectivity index (χ2n) is 5.15. The van der Waals surface area contributed by atoms with Gasteiger partial charge in [-0.2, -0.15) is 4.37 Å². The summed E-state index contributed by atoms with van der Waals surface area (Å²) in [5.41, 5.74) is 1.50. The van der Waals surface area contributed by atoms with Gasteiger partial charge in [-0.05, 0) is 30.8 Å². The Kier molecular flexibility index (Phi) is 4.35. The monoisotopic (exact) mass is 268 g/mol. The topological polar surface area (TPSA) is 51.2 Å². The highest BCUT2D eigenvalue weighted by Gasteiger charge is 2.30. The van der Waals surface area contributed by atoms with Gasteiger partial charge in [0.05, 0.1) is 17.4 Å². The van der Waals surface area contributed by atoms with Crippen LogP contribution in [0.5, 0.6) is 0 Å². The molecule has 1 aliphatic heterocycles. The summed E-state index contributed by atoms with van der Waals surface area (Å²) in [6.07, 6.45) is 1.30. The molecule has 0 aliphatic carbocycles. The second kappa shape index (κ2) is 5.80. The van der Waals surface area contributed by atoms with Crippen LogP contribution in [0.2, 0.25) is 0 Å². The normalized spacial score (nSPS) is 23.6. The molecule has 1 aromatic heterocycles. The van der Waals surface area contributed by atoms with Crippen LogP contribution in [-0.4, -0.2) is 29.5 Å². The van der Waals surface area contributed by atoms with E-state index in [2.05, 4.69) is 23.5 Å². The summed E-state index contributed by atoms with van der Waals surface area (Å²) in [5.74, 6) is 0.912. The van der Waals surface area contributed by atoms with Gasteiger partial charge in [-0.15, -0.1) is 0 Å². The van der Waals surface area contributed by atoms with Crippen LogP contribution >= 0.6 is 11.5 Å². The van der Waals surface area contributed by atoms with Crippen LogP contribution in [0.25, 0.3) is 0 Å². The number of carbonyl (C=O) groups excluding carboxylic acids is 1. The van der Waals surface area contributed by atoms with E-state index in [0.717, 1.165) is 18.7 Å². The van der Waals surface area contributed by atoms with E-state index in [-0.39, 0.29) is 12.0 Å². The molecule has 2 rings (SSSR count). The average Bonchev–Trinajstić information content (AvgIpc) is 2.94. The predicted molar refractivity (Wildman–Crippen MR) is 71.9 cm³/mol. The van der Waals surface area contributed by atoms with E-state index in [1.54, 1.807) is 5.38 Å². The largest absolute Gasteiger partial charge is 0.378 e. The Hall–Kier alpha value is -0.940. The van der Waals surface area contributed by atoms with Gasteiger partial charge in [0.15, 0.2) is 0 Å². The maximum absolute atomic E-state index is 12.0. The summed E-state index contributed by atoms with van der Waals surface area (Å²) in [4.78, 5) is 12.0. The average molecular weight is 268 g/mol. The highest BCUT2D eigenvalue weighted by atomic mass is 32.1. The predicted octanol–water partition coefficient (Wildman–Crippen LogP) is 2.24. The van der Waals surface area contributed by atoms with Crippen molar-refractivity contribution in [2.24, 2.45) is 11.8 Å². The molecule has 18 heavy (non-hydrogen) atoms. The number of amides is 1. The van der Waals surface area contributed by atoms with Crippen molar-refractivity contribution in [2.45, 2.75) is 33.3 Å². The maximum atomic E-state index is 12.0. The molecule has 1 saturated heterocycles. The van der Waals surface area contributed by atoms with Crippen LogP contribution in [0.15, 0.2) is 5.38 Å². The number of nitrogens with zero attached hydrogens (tertiary/aromatic N) is 1. The van der Waals surface area contributed by atoms with Gasteiger partial charge in [0.2, 0.25) is 0 Å². The van der Waals surface area contributed by atoms with Crippen molar-refractivity contribution < 1.29 is 9.53 Å². The van der Waals surface area contributed by atoms with Gasteiger partial charge in [0.1, 0.15) is 0 Å². The van der Waals surface area contributed by atoms with Crippen molar-refractivity contribution in [1.82, 2.24) is 9.69 Å². The lowest BCUT2D eigenvalue weighted by atomic mass is 9.93. The number of hydrogen-bond donors (Lipinski definition) is 1. The minimum atomic E-state index is -0.0179. The molecule has 100 valence electrons. The number of aryl methyl sites for hydroxylation is 1. The van der Waals surface area contributed by atoms with Crippen molar-refractivity contribution in [3.8, 4) is 0 Å². The maximum Gasteiger partial charge on any atom is 0.254 e. The molecule has 2 heterocycles. The SMILES string of the molecule is Cc1nscc1C(=O)NC[C@H]1CCO[C@@H]1C(C)C. The molecule has 0 radical (unpaired) electrons. The zero-order chi connectivity index (χ0) is 13.1. The highest BCUT2D eigenvalue weighted by molar-refractivity contribution is 7.03. The summed E-state index contributed by atoms with van der Waals surface area (Å²) in [7, 11) is 0. The van der Waals surface area contributed by atoms with Crippen LogP contribution in [0.3, 0.4) is 0 Å². The number of aromatic nitrogens is 1. The summed E-state index contributed by atoms with van der Waals surface area (Å²) in [6.45, 7) is 7.69. The van der Waals surface area contributed by atoms with Crippen molar-refractivity contribution >= 4 is 17.4 Å². The third-order valence-corrected chi connectivity index (χ3v) is 4.16. The van der Waals surface area contributed by atoms with Gasteiger partial charge in [-0.3, -0.25) is 4.79 Å². The van der Waals surface area contributed by atoms with Gasteiger partial charge in [-0.1, -0.05) is 13.8 Å². The molecule has 1 N–H and O–H groups in total. The third-order valence-electron chi connectivity index (χ3n) is 3.44. The smallest absolute Gasteiger partial charge is 0.254 e. The summed E-state index contributed by atoms with van der Waals surface area (Å²) in [6, 6.07) is 0. The Morgan fingerprint density at radius 1 is 1.67 bits per heavy atom. The molecule has 1 amide bonds. The number of rotatable bonds is 4. The van der Waals surface area contributed by atoms with Gasteiger partial charge in [0.25, 0.3) is 5.91 Å². The Morgan fingerprint density at radius 3 is 3.06 bits per heavy atom. The molecule has 1 fully saturated rings. The lowest BCUT2D eigenvalue weighted by Gasteiger charge is -2.22. The number of carbonyl (C=O) groups is 1. The van der Waals surface area contributed by atoms with Crippen LogP contribution in [0.1, 0.15) is 36.3 Å². The first-order valence-corrected chi connectivity index (χ1v) is 7.24. The Bertz CT molecular complexity index is 417. The Morgan fingerprint density at radius 2 is 2.44 bits per heavy atom. The molecule has 0 saturated carbocycles. The third kappa shape index (κ3) is 2.90. The van der Waals surface area contributed by atoms with Gasteiger partial charge in [-0.25, -0.2) is 0 Å². The fourth-order valence-electron chi connectivity index (χ4n) is 2.44. The fourth-order valence-corrected chi connectivity index (χ4v) is 3.13. The molecule has 4 nitrogen and oxygen atoms in total. The molecular formula is C13H20N2O2S. The van der Waals surface area contributed by atoms with Gasteiger partial charge in [0, 0.05) is 24.4 Å². The van der Waals surface area contributed by atoms with E-state index in [0.29, 0.717) is 23.9 Å². The van der Waals surface area contributed by atoms with E-state index < -0.39 is 0 Å². The van der Waals surface area contributed by atoms with E-state index in [1.807, 2.05) is 6.92 Å². The molecule has 5 heteroatoms. The van der Waals surface area contributed by atoms with E-state index in [9.17, 15) is 4.79 Å². The van der Waals surface area contributed by atoms with Crippen LogP contribution < -0.4 is 5.32 Å². The van der Waals surface area contributed by atoms with Crippen LogP contribution in [0.4, 0.5) is 0 Å². The van der Waals surface area contributed by atoms with E-state index >= 15 is 0 Å². The molecule has 0 aromatic carbocycles. The van der Waals surface area contributed by atoms with Crippen LogP contribution in [0, 0.1) is 18.8 Å².